The van der Waals surface area contributed by atoms with Crippen LogP contribution in [0.5, 0.6) is 5.88 Å². The van der Waals surface area contributed by atoms with Gasteiger partial charge in [-0.3, -0.25) is 0 Å². The lowest BCUT2D eigenvalue weighted by Gasteiger charge is -2.25. The van der Waals surface area contributed by atoms with Crippen molar-refractivity contribution in [3.8, 4) is 17.0 Å². The maximum Gasteiger partial charge on any atom is 0.340 e. The van der Waals surface area contributed by atoms with Gasteiger partial charge in [-0.1, -0.05) is 12.1 Å². The number of fused-ring (bicyclic) bond motifs is 1. The maximum absolute atomic E-state index is 12.7. The molecule has 0 saturated carbocycles. The number of anilines is 1. The van der Waals surface area contributed by atoms with Gasteiger partial charge in [0.05, 0.1) is 19.3 Å². The topological polar surface area (TPSA) is 66.5 Å². The summed E-state index contributed by atoms with van der Waals surface area (Å²) in [5.74, 6) is 0.558. The Kier molecular flexibility index (Phi) is 4.48. The number of rotatable bonds is 3. The molecule has 26 heavy (non-hydrogen) atoms. The summed E-state index contributed by atoms with van der Waals surface area (Å²) in [5, 5.41) is 4.69. The molecule has 0 atom stereocenters. The van der Waals surface area contributed by atoms with E-state index in [1.54, 1.807) is 24.5 Å². The second-order valence-electron chi connectivity index (χ2n) is 6.49. The molecule has 1 aromatic carbocycles. The van der Waals surface area contributed by atoms with E-state index in [1.165, 1.54) is 17.5 Å². The highest BCUT2D eigenvalue weighted by Gasteiger charge is 2.22. The van der Waals surface area contributed by atoms with Crippen LogP contribution < -0.4 is 15.5 Å². The molecule has 4 rings (SSSR count). The number of benzene rings is 1. The molecule has 6 nitrogen and oxygen atoms in total. The molecule has 2 heterocycles. The van der Waals surface area contributed by atoms with Gasteiger partial charge >= 0.3 is 6.03 Å². The van der Waals surface area contributed by atoms with Crippen LogP contribution in [-0.4, -0.2) is 29.7 Å². The van der Waals surface area contributed by atoms with E-state index in [4.69, 9.17) is 4.74 Å². The fraction of sp³-hybridized carbons (Fsp3) is 0.300. The largest absolute Gasteiger partial charge is 0.481 e. The Bertz CT molecular complexity index is 855. The number of methoxy groups -OCH3 is 1. The van der Waals surface area contributed by atoms with Gasteiger partial charge in [-0.05, 0) is 54.5 Å². The summed E-state index contributed by atoms with van der Waals surface area (Å²) < 4.78 is 5.27. The Morgan fingerprint density at radius 2 is 2.15 bits per heavy atom. The van der Waals surface area contributed by atoms with Crippen molar-refractivity contribution < 1.29 is 9.53 Å². The Balaban J connectivity index is 1.76. The van der Waals surface area contributed by atoms with Crippen LogP contribution in [0.15, 0.2) is 42.7 Å². The Morgan fingerprint density at radius 1 is 1.27 bits per heavy atom. The smallest absolute Gasteiger partial charge is 0.340 e. The first-order chi connectivity index (χ1) is 12.8. The van der Waals surface area contributed by atoms with Gasteiger partial charge in [0, 0.05) is 24.0 Å². The van der Waals surface area contributed by atoms with Crippen LogP contribution in [0.4, 0.5) is 10.5 Å². The predicted molar refractivity (Wildman–Crippen MR) is 101 cm³/mol. The molecule has 0 saturated heterocycles. The number of urea groups is 1. The van der Waals surface area contributed by atoms with Gasteiger partial charge in [0.1, 0.15) is 0 Å². The molecule has 2 amide bonds. The molecule has 0 unspecified atom stereocenters. The van der Waals surface area contributed by atoms with Crippen LogP contribution in [0.3, 0.4) is 0 Å². The van der Waals surface area contributed by atoms with Gasteiger partial charge < -0.3 is 15.5 Å². The molecule has 0 bridgehead atoms. The average Bonchev–Trinajstić information content (AvgIpc) is 3.23. The molecule has 1 aliphatic heterocycles. The highest BCUT2D eigenvalue weighted by Crippen LogP contribution is 2.37. The SMILES string of the molecule is COc1cc(-c2ccc3c(c2NC(=O)N2CC=CN2)CCCC3)ccn1. The minimum Gasteiger partial charge on any atom is -0.481 e. The fourth-order valence-corrected chi connectivity index (χ4v) is 3.57. The first-order valence-corrected chi connectivity index (χ1v) is 8.91. The van der Waals surface area contributed by atoms with Crippen molar-refractivity contribution in [2.45, 2.75) is 25.7 Å². The van der Waals surface area contributed by atoms with E-state index in [0.717, 1.165) is 36.1 Å². The van der Waals surface area contributed by atoms with Crippen LogP contribution in [0, 0.1) is 0 Å². The molecule has 1 aliphatic carbocycles. The van der Waals surface area contributed by atoms with Gasteiger partial charge in [-0.2, -0.15) is 0 Å². The van der Waals surface area contributed by atoms with Crippen LogP contribution in [-0.2, 0) is 12.8 Å². The highest BCUT2D eigenvalue weighted by molar-refractivity contribution is 5.96. The predicted octanol–water partition coefficient (Wildman–Crippen LogP) is 3.50. The first kappa shape index (κ1) is 16.4. The van der Waals surface area contributed by atoms with Crippen molar-refractivity contribution in [3.63, 3.8) is 0 Å². The van der Waals surface area contributed by atoms with Crippen LogP contribution in [0.1, 0.15) is 24.0 Å². The number of carbonyl (C=O) groups is 1. The van der Waals surface area contributed by atoms with Crippen LogP contribution in [0.2, 0.25) is 0 Å². The molecule has 2 N–H and O–H groups in total. The van der Waals surface area contributed by atoms with E-state index in [1.807, 2.05) is 18.2 Å². The maximum atomic E-state index is 12.7. The summed E-state index contributed by atoms with van der Waals surface area (Å²) in [5.41, 5.74) is 8.38. The van der Waals surface area contributed by atoms with E-state index in [0.29, 0.717) is 12.4 Å². The summed E-state index contributed by atoms with van der Waals surface area (Å²) in [7, 11) is 1.60. The molecular formula is C20H22N4O2. The zero-order valence-electron chi connectivity index (χ0n) is 14.8. The number of nitrogens with zero attached hydrogens (tertiary/aromatic N) is 2. The third kappa shape index (κ3) is 3.10. The minimum absolute atomic E-state index is 0.156. The minimum atomic E-state index is -0.156. The fourth-order valence-electron chi connectivity index (χ4n) is 3.57. The number of ether oxygens (including phenoxy) is 1. The standard InChI is InChI=1S/C20H22N4O2/c1-26-18-13-15(9-11-21-18)17-8-7-14-5-2-3-6-16(14)19(17)23-20(25)24-12-4-10-22-24/h4,7-11,13,22H,2-3,5-6,12H2,1H3,(H,23,25). The molecule has 134 valence electrons. The summed E-state index contributed by atoms with van der Waals surface area (Å²) in [4.78, 5) is 16.9. The summed E-state index contributed by atoms with van der Waals surface area (Å²) in [6.07, 6.45) is 9.78. The Hall–Kier alpha value is -3.02. The normalized spacial score (nSPS) is 15.3. The van der Waals surface area contributed by atoms with Gasteiger partial charge in [-0.25, -0.2) is 14.8 Å². The number of nitrogens with one attached hydrogen (secondary N) is 2. The monoisotopic (exact) mass is 350 g/mol. The zero-order chi connectivity index (χ0) is 17.9. The number of hydrogen-bond donors (Lipinski definition) is 2. The Morgan fingerprint density at radius 3 is 2.96 bits per heavy atom. The molecule has 0 spiro atoms. The van der Waals surface area contributed by atoms with Crippen molar-refractivity contribution in [1.29, 1.82) is 0 Å². The Labute approximate surface area is 152 Å². The third-order valence-electron chi connectivity index (χ3n) is 4.90. The summed E-state index contributed by atoms with van der Waals surface area (Å²) in [6.45, 7) is 0.555. The number of aryl methyl sites for hydroxylation is 1. The van der Waals surface area contributed by atoms with Gasteiger partial charge in [-0.15, -0.1) is 0 Å². The van der Waals surface area contributed by atoms with Crippen molar-refractivity contribution in [2.24, 2.45) is 0 Å². The molecule has 1 aromatic heterocycles. The zero-order valence-corrected chi connectivity index (χ0v) is 14.8. The van der Waals surface area contributed by atoms with E-state index >= 15 is 0 Å². The van der Waals surface area contributed by atoms with Crippen LogP contribution in [0.25, 0.3) is 11.1 Å². The lowest BCUT2D eigenvalue weighted by molar-refractivity contribution is 0.208. The lowest BCUT2D eigenvalue weighted by atomic mass is 9.87. The number of carbonyl (C=O) groups excluding carboxylic acids is 1. The molecular weight excluding hydrogens is 328 g/mol. The second kappa shape index (κ2) is 7.07. The van der Waals surface area contributed by atoms with E-state index in [2.05, 4.69) is 27.9 Å². The third-order valence-corrected chi connectivity index (χ3v) is 4.90. The number of hydrogen-bond acceptors (Lipinski definition) is 4. The molecule has 0 fully saturated rings. The summed E-state index contributed by atoms with van der Waals surface area (Å²) >= 11 is 0. The van der Waals surface area contributed by atoms with E-state index in [9.17, 15) is 4.79 Å². The van der Waals surface area contributed by atoms with Crippen molar-refractivity contribution in [1.82, 2.24) is 15.4 Å². The van der Waals surface area contributed by atoms with Gasteiger partial charge in [0.2, 0.25) is 5.88 Å². The summed E-state index contributed by atoms with van der Waals surface area (Å²) in [6, 6.07) is 7.96. The van der Waals surface area contributed by atoms with Crippen molar-refractivity contribution in [2.75, 3.05) is 19.0 Å². The van der Waals surface area contributed by atoms with Crippen molar-refractivity contribution >= 4 is 11.7 Å². The number of aromatic nitrogens is 1. The van der Waals surface area contributed by atoms with E-state index < -0.39 is 0 Å². The van der Waals surface area contributed by atoms with Crippen molar-refractivity contribution in [3.05, 3.63) is 53.9 Å². The van der Waals surface area contributed by atoms with Crippen LogP contribution >= 0.6 is 0 Å². The second-order valence-corrected chi connectivity index (χ2v) is 6.49. The molecule has 6 heteroatoms. The van der Waals surface area contributed by atoms with Gasteiger partial charge in [0.25, 0.3) is 0 Å². The number of pyridine rings is 1. The average molecular weight is 350 g/mol. The van der Waals surface area contributed by atoms with Gasteiger partial charge in [0.15, 0.2) is 0 Å². The van der Waals surface area contributed by atoms with E-state index in [-0.39, 0.29) is 6.03 Å². The quantitative estimate of drug-likeness (QED) is 0.889. The number of hydrazine groups is 1. The highest BCUT2D eigenvalue weighted by atomic mass is 16.5. The number of amides is 2. The molecule has 2 aromatic rings. The molecule has 0 radical (unpaired) electrons. The lowest BCUT2D eigenvalue weighted by Crippen LogP contribution is -2.39. The molecule has 2 aliphatic rings. The first-order valence-electron chi connectivity index (χ1n) is 8.91.